The number of thioether (sulfide) groups is 1. The molecule has 0 heterocycles. The average Bonchev–Trinajstić information content (AvgIpc) is 2.36. The van der Waals surface area contributed by atoms with Gasteiger partial charge in [0.2, 0.25) is 0 Å². The molecule has 0 aliphatic carbocycles. The smallest absolute Gasteiger partial charge is 0.310 e. The molecule has 0 amide bonds. The van der Waals surface area contributed by atoms with E-state index in [9.17, 15) is 4.79 Å². The Kier molecular flexibility index (Phi) is 6.22. The van der Waals surface area contributed by atoms with Crippen LogP contribution in [-0.2, 0) is 11.3 Å². The molecule has 3 nitrogen and oxygen atoms in total. The summed E-state index contributed by atoms with van der Waals surface area (Å²) >= 11 is 1.84. The monoisotopic (exact) mass is 267 g/mol. The predicted molar refractivity (Wildman–Crippen MR) is 77.2 cm³/mol. The topological polar surface area (TPSA) is 40.5 Å². The van der Waals surface area contributed by atoms with E-state index in [1.807, 2.05) is 36.0 Å². The van der Waals surface area contributed by atoms with E-state index in [0.717, 1.165) is 24.4 Å². The number of carboxylic acid groups (broad SMARTS) is 1. The minimum atomic E-state index is -0.778. The Labute approximate surface area is 113 Å². The summed E-state index contributed by atoms with van der Waals surface area (Å²) in [5.74, 6) is -0.0851. The van der Waals surface area contributed by atoms with Crippen LogP contribution in [0.4, 0.5) is 0 Å². The van der Waals surface area contributed by atoms with Gasteiger partial charge in [-0.3, -0.25) is 4.79 Å². The second kappa shape index (κ2) is 7.44. The maximum absolute atomic E-state index is 10.9. The van der Waals surface area contributed by atoms with E-state index < -0.39 is 11.9 Å². The van der Waals surface area contributed by atoms with Gasteiger partial charge in [-0.05, 0) is 31.4 Å². The summed E-state index contributed by atoms with van der Waals surface area (Å²) in [5, 5.41) is 8.94. The van der Waals surface area contributed by atoms with E-state index in [2.05, 4.69) is 18.2 Å². The zero-order chi connectivity index (χ0) is 13.5. The Morgan fingerprint density at radius 3 is 2.50 bits per heavy atom. The van der Waals surface area contributed by atoms with Gasteiger partial charge in [-0.25, -0.2) is 0 Å². The van der Waals surface area contributed by atoms with Crippen molar-refractivity contribution in [1.29, 1.82) is 0 Å². The van der Waals surface area contributed by atoms with Crippen molar-refractivity contribution in [3.8, 4) is 0 Å². The summed E-state index contributed by atoms with van der Waals surface area (Å²) in [6, 6.07) is 7.86. The fourth-order valence-electron chi connectivity index (χ4n) is 1.69. The molecule has 0 radical (unpaired) electrons. The Balaban J connectivity index is 2.57. The minimum absolute atomic E-state index is 0.437. The maximum atomic E-state index is 10.9. The number of nitrogens with zero attached hydrogens (tertiary/aromatic N) is 1. The van der Waals surface area contributed by atoms with Crippen molar-refractivity contribution >= 4 is 17.7 Å². The van der Waals surface area contributed by atoms with Crippen molar-refractivity contribution in [3.05, 3.63) is 35.4 Å². The summed E-state index contributed by atoms with van der Waals surface area (Å²) in [6.45, 7) is 3.68. The van der Waals surface area contributed by atoms with Gasteiger partial charge in [0, 0.05) is 18.8 Å². The first-order chi connectivity index (χ1) is 8.54. The van der Waals surface area contributed by atoms with Crippen molar-refractivity contribution in [3.63, 3.8) is 0 Å². The number of hydrogen-bond donors (Lipinski definition) is 1. The molecule has 1 rings (SSSR count). The first-order valence-electron chi connectivity index (χ1n) is 6.03. The molecule has 0 saturated carbocycles. The number of carboxylic acids is 1. The molecule has 0 aliphatic heterocycles. The third kappa shape index (κ3) is 4.70. The van der Waals surface area contributed by atoms with Gasteiger partial charge in [0.1, 0.15) is 0 Å². The van der Waals surface area contributed by atoms with Crippen LogP contribution in [-0.4, -0.2) is 41.6 Å². The molecule has 18 heavy (non-hydrogen) atoms. The largest absolute Gasteiger partial charge is 0.481 e. The van der Waals surface area contributed by atoms with Crippen molar-refractivity contribution in [1.82, 2.24) is 4.90 Å². The van der Waals surface area contributed by atoms with Gasteiger partial charge in [-0.15, -0.1) is 0 Å². The van der Waals surface area contributed by atoms with Crippen LogP contribution in [0.3, 0.4) is 0 Å². The van der Waals surface area contributed by atoms with Crippen molar-refractivity contribution in [2.24, 2.45) is 0 Å². The van der Waals surface area contributed by atoms with E-state index >= 15 is 0 Å². The number of carbonyl (C=O) groups is 1. The molecule has 1 aromatic carbocycles. The van der Waals surface area contributed by atoms with Gasteiger partial charge < -0.3 is 10.0 Å². The Hall–Kier alpha value is -1.00. The highest BCUT2D eigenvalue weighted by atomic mass is 32.2. The maximum Gasteiger partial charge on any atom is 0.310 e. The van der Waals surface area contributed by atoms with E-state index in [1.54, 1.807) is 6.92 Å². The molecule has 0 aromatic heterocycles. The molecule has 0 fully saturated rings. The molecular weight excluding hydrogens is 246 g/mol. The highest BCUT2D eigenvalue weighted by molar-refractivity contribution is 7.98. The van der Waals surface area contributed by atoms with Crippen LogP contribution in [0.25, 0.3) is 0 Å². The van der Waals surface area contributed by atoms with Crippen LogP contribution in [0.2, 0.25) is 0 Å². The summed E-state index contributed by atoms with van der Waals surface area (Å²) in [6.07, 6.45) is 2.11. The molecule has 1 atom stereocenters. The Morgan fingerprint density at radius 2 is 2.00 bits per heavy atom. The molecule has 4 heteroatoms. The Bertz CT molecular complexity index is 378. The fourth-order valence-corrected chi connectivity index (χ4v) is 2.19. The highest BCUT2D eigenvalue weighted by Gasteiger charge is 2.13. The second-order valence-electron chi connectivity index (χ2n) is 4.53. The lowest BCUT2D eigenvalue weighted by Crippen LogP contribution is -2.20. The van der Waals surface area contributed by atoms with Crippen LogP contribution >= 0.6 is 11.8 Å². The molecule has 0 saturated heterocycles. The number of aliphatic carboxylic acids is 1. The predicted octanol–water partition coefficient (Wildman–Crippen LogP) is 2.67. The molecule has 1 unspecified atom stereocenters. The van der Waals surface area contributed by atoms with Gasteiger partial charge >= 0.3 is 5.97 Å². The van der Waals surface area contributed by atoms with Crippen LogP contribution in [0.15, 0.2) is 24.3 Å². The number of benzene rings is 1. The van der Waals surface area contributed by atoms with E-state index in [-0.39, 0.29) is 0 Å². The van der Waals surface area contributed by atoms with Gasteiger partial charge in [0.25, 0.3) is 0 Å². The van der Waals surface area contributed by atoms with E-state index in [0.29, 0.717) is 0 Å². The molecule has 0 aliphatic rings. The third-order valence-electron chi connectivity index (χ3n) is 2.98. The zero-order valence-corrected chi connectivity index (χ0v) is 12.0. The molecule has 1 aromatic rings. The summed E-state index contributed by atoms with van der Waals surface area (Å²) in [5.41, 5.74) is 2.08. The van der Waals surface area contributed by atoms with Gasteiger partial charge in [-0.2, -0.15) is 11.8 Å². The Morgan fingerprint density at radius 1 is 1.39 bits per heavy atom. The van der Waals surface area contributed by atoms with Gasteiger partial charge in [0.05, 0.1) is 5.92 Å². The lowest BCUT2D eigenvalue weighted by atomic mass is 10.00. The van der Waals surface area contributed by atoms with Crippen LogP contribution in [0, 0.1) is 0 Å². The highest BCUT2D eigenvalue weighted by Crippen LogP contribution is 2.16. The van der Waals surface area contributed by atoms with Crippen molar-refractivity contribution < 1.29 is 9.90 Å². The number of hydrogen-bond acceptors (Lipinski definition) is 3. The lowest BCUT2D eigenvalue weighted by Gasteiger charge is -2.16. The first kappa shape index (κ1) is 15.1. The van der Waals surface area contributed by atoms with Crippen molar-refractivity contribution in [2.75, 3.05) is 25.6 Å². The summed E-state index contributed by atoms with van der Waals surface area (Å²) < 4.78 is 0. The van der Waals surface area contributed by atoms with E-state index in [1.165, 1.54) is 5.56 Å². The van der Waals surface area contributed by atoms with Crippen LogP contribution < -0.4 is 0 Å². The van der Waals surface area contributed by atoms with E-state index in [4.69, 9.17) is 5.11 Å². The molecule has 0 spiro atoms. The van der Waals surface area contributed by atoms with Gasteiger partial charge in [-0.1, -0.05) is 24.3 Å². The average molecular weight is 267 g/mol. The summed E-state index contributed by atoms with van der Waals surface area (Å²) in [4.78, 5) is 13.1. The summed E-state index contributed by atoms with van der Waals surface area (Å²) in [7, 11) is 2.10. The third-order valence-corrected chi connectivity index (χ3v) is 3.57. The molecular formula is C14H21NO2S. The minimum Gasteiger partial charge on any atom is -0.481 e. The molecule has 0 bridgehead atoms. The second-order valence-corrected chi connectivity index (χ2v) is 5.52. The number of rotatable bonds is 7. The quantitative estimate of drug-likeness (QED) is 0.824. The standard InChI is InChI=1S/C14H21NO2S/c1-11(14(16)17)13-6-4-12(5-7-13)10-15(2)8-9-18-3/h4-7,11H,8-10H2,1-3H3,(H,16,17). The van der Waals surface area contributed by atoms with Crippen LogP contribution in [0.1, 0.15) is 24.0 Å². The molecule has 1 N–H and O–H groups in total. The lowest BCUT2D eigenvalue weighted by molar-refractivity contribution is -0.138. The molecule has 100 valence electrons. The van der Waals surface area contributed by atoms with Gasteiger partial charge in [0.15, 0.2) is 0 Å². The van der Waals surface area contributed by atoms with Crippen LogP contribution in [0.5, 0.6) is 0 Å². The van der Waals surface area contributed by atoms with Crippen molar-refractivity contribution in [2.45, 2.75) is 19.4 Å². The SMILES string of the molecule is CSCCN(C)Cc1ccc(C(C)C(=O)O)cc1. The fraction of sp³-hybridized carbons (Fsp3) is 0.500. The first-order valence-corrected chi connectivity index (χ1v) is 7.43. The normalized spacial score (nSPS) is 12.7. The zero-order valence-electron chi connectivity index (χ0n) is 11.2.